The first kappa shape index (κ1) is 4.30. The Bertz CT molecular complexity index is 167. The minimum atomic E-state index is 0.443. The number of carbonyl (C=O) groups excluding carboxylic acids is 1. The van der Waals surface area contributed by atoms with Gasteiger partial charge in [-0.2, -0.15) is 0 Å². The highest BCUT2D eigenvalue weighted by Crippen LogP contribution is 2.36. The molecule has 3 rings (SSSR count). The fourth-order valence-electron chi connectivity index (χ4n) is 1.52. The van der Waals surface area contributed by atoms with Gasteiger partial charge in [0.1, 0.15) is 5.78 Å². The predicted octanol–water partition coefficient (Wildman–Crippen LogP) is 1.30. The van der Waals surface area contributed by atoms with Crippen LogP contribution in [0.3, 0.4) is 0 Å². The van der Waals surface area contributed by atoms with E-state index in [-0.39, 0.29) is 0 Å². The molecule has 1 nitrogen and oxygen atoms in total. The molecule has 0 spiro atoms. The van der Waals surface area contributed by atoms with E-state index >= 15 is 0 Å². The van der Waals surface area contributed by atoms with Crippen molar-refractivity contribution in [2.45, 2.75) is 19.3 Å². The van der Waals surface area contributed by atoms with Crippen LogP contribution in [0, 0.1) is 5.92 Å². The number of carbonyl (C=O) groups is 1. The zero-order valence-corrected chi connectivity index (χ0v) is 4.68. The van der Waals surface area contributed by atoms with E-state index in [1.165, 1.54) is 12.0 Å². The molecule has 3 aliphatic carbocycles. The van der Waals surface area contributed by atoms with Gasteiger partial charge >= 0.3 is 0 Å². The van der Waals surface area contributed by atoms with Crippen molar-refractivity contribution in [1.29, 1.82) is 0 Å². The average Bonchev–Trinajstić information content (AvgIpc) is 1.62. The number of fused-ring (bicyclic) bond motifs is 2. The van der Waals surface area contributed by atoms with Crippen molar-refractivity contribution in [2.75, 3.05) is 0 Å². The molecule has 0 aliphatic heterocycles. The molecule has 1 atom stereocenters. The second kappa shape index (κ2) is 1.22. The Morgan fingerprint density at radius 1 is 1.50 bits per heavy atom. The standard InChI is InChI=1S/C7H8O/c8-7-3-5-1-6(2-5)4-7/h1,5H,2-4H2. The maximum Gasteiger partial charge on any atom is 0.137 e. The highest BCUT2D eigenvalue weighted by atomic mass is 16.1. The van der Waals surface area contributed by atoms with Crippen molar-refractivity contribution < 1.29 is 4.79 Å². The van der Waals surface area contributed by atoms with E-state index in [0.717, 1.165) is 12.8 Å². The summed E-state index contributed by atoms with van der Waals surface area (Å²) in [4.78, 5) is 10.7. The molecular formula is C7H8O. The first-order valence-electron chi connectivity index (χ1n) is 3.06. The van der Waals surface area contributed by atoms with Crippen LogP contribution >= 0.6 is 0 Å². The van der Waals surface area contributed by atoms with E-state index in [4.69, 9.17) is 0 Å². The van der Waals surface area contributed by atoms with Crippen molar-refractivity contribution >= 4 is 5.78 Å². The lowest BCUT2D eigenvalue weighted by Gasteiger charge is -2.29. The summed E-state index contributed by atoms with van der Waals surface area (Å²) >= 11 is 0. The van der Waals surface area contributed by atoms with Crippen molar-refractivity contribution in [2.24, 2.45) is 5.92 Å². The van der Waals surface area contributed by atoms with Crippen LogP contribution in [0.15, 0.2) is 11.6 Å². The zero-order valence-electron chi connectivity index (χ0n) is 4.68. The summed E-state index contributed by atoms with van der Waals surface area (Å²) in [5.41, 5.74) is 1.38. The molecule has 1 heteroatoms. The van der Waals surface area contributed by atoms with Gasteiger partial charge in [-0.1, -0.05) is 11.6 Å². The van der Waals surface area contributed by atoms with E-state index in [9.17, 15) is 4.79 Å². The van der Waals surface area contributed by atoms with Gasteiger partial charge in [0.05, 0.1) is 0 Å². The van der Waals surface area contributed by atoms with Crippen LogP contribution in [0.1, 0.15) is 19.3 Å². The van der Waals surface area contributed by atoms with E-state index < -0.39 is 0 Å². The fourth-order valence-corrected chi connectivity index (χ4v) is 1.52. The third-order valence-corrected chi connectivity index (χ3v) is 1.91. The van der Waals surface area contributed by atoms with Gasteiger partial charge in [-0.3, -0.25) is 4.79 Å². The quantitative estimate of drug-likeness (QED) is 0.427. The molecule has 0 saturated heterocycles. The maximum atomic E-state index is 10.7. The highest BCUT2D eigenvalue weighted by molar-refractivity contribution is 5.84. The predicted molar refractivity (Wildman–Crippen MR) is 30.4 cm³/mol. The molecule has 0 aromatic carbocycles. The Morgan fingerprint density at radius 3 is 2.50 bits per heavy atom. The molecule has 1 saturated carbocycles. The Hall–Kier alpha value is -0.590. The monoisotopic (exact) mass is 108 g/mol. The number of allylic oxidation sites excluding steroid dienone is 2. The second-order valence-corrected chi connectivity index (χ2v) is 2.71. The van der Waals surface area contributed by atoms with Crippen molar-refractivity contribution in [3.05, 3.63) is 11.6 Å². The van der Waals surface area contributed by atoms with Crippen LogP contribution in [-0.2, 0) is 4.79 Å². The van der Waals surface area contributed by atoms with Crippen LogP contribution in [0.2, 0.25) is 0 Å². The Morgan fingerprint density at radius 2 is 2.25 bits per heavy atom. The zero-order chi connectivity index (χ0) is 5.56. The van der Waals surface area contributed by atoms with E-state index in [2.05, 4.69) is 6.08 Å². The lowest BCUT2D eigenvalue weighted by molar-refractivity contribution is -0.120. The van der Waals surface area contributed by atoms with Gasteiger partial charge in [0.15, 0.2) is 0 Å². The summed E-state index contributed by atoms with van der Waals surface area (Å²) < 4.78 is 0. The third-order valence-electron chi connectivity index (χ3n) is 1.91. The van der Waals surface area contributed by atoms with Crippen LogP contribution in [0.4, 0.5) is 0 Å². The Balaban J connectivity index is 2.25. The number of rotatable bonds is 0. The van der Waals surface area contributed by atoms with Crippen LogP contribution in [0.25, 0.3) is 0 Å². The van der Waals surface area contributed by atoms with E-state index in [1.807, 2.05) is 0 Å². The molecule has 42 valence electrons. The molecule has 0 aromatic rings. The summed E-state index contributed by atoms with van der Waals surface area (Å²) in [6, 6.07) is 0. The topological polar surface area (TPSA) is 17.1 Å². The molecule has 3 aliphatic rings. The fraction of sp³-hybridized carbons (Fsp3) is 0.571. The van der Waals surface area contributed by atoms with Crippen molar-refractivity contribution in [1.82, 2.24) is 0 Å². The maximum absolute atomic E-state index is 10.7. The summed E-state index contributed by atoms with van der Waals surface area (Å²) in [5.74, 6) is 1.09. The largest absolute Gasteiger partial charge is 0.299 e. The van der Waals surface area contributed by atoms with E-state index in [1.54, 1.807) is 0 Å². The molecule has 1 fully saturated rings. The molecular weight excluding hydrogens is 100 g/mol. The minimum absolute atomic E-state index is 0.443. The molecule has 0 radical (unpaired) electrons. The lowest BCUT2D eigenvalue weighted by Crippen LogP contribution is -2.23. The number of Topliss-reactive ketones (excluding diaryl/α,β-unsaturated/α-hetero) is 1. The third kappa shape index (κ3) is 0.443. The minimum Gasteiger partial charge on any atom is -0.299 e. The molecule has 2 bridgehead atoms. The van der Waals surface area contributed by atoms with Crippen molar-refractivity contribution in [3.8, 4) is 0 Å². The lowest BCUT2D eigenvalue weighted by atomic mass is 9.74. The van der Waals surface area contributed by atoms with Crippen LogP contribution in [-0.4, -0.2) is 5.78 Å². The van der Waals surface area contributed by atoms with Gasteiger partial charge in [0, 0.05) is 12.8 Å². The molecule has 8 heavy (non-hydrogen) atoms. The Labute approximate surface area is 48.4 Å². The highest BCUT2D eigenvalue weighted by Gasteiger charge is 2.28. The van der Waals surface area contributed by atoms with Gasteiger partial charge in [-0.15, -0.1) is 0 Å². The van der Waals surface area contributed by atoms with Crippen LogP contribution in [0.5, 0.6) is 0 Å². The number of hydrogen-bond acceptors (Lipinski definition) is 1. The van der Waals surface area contributed by atoms with Gasteiger partial charge in [-0.05, 0) is 12.3 Å². The first-order chi connectivity index (χ1) is 3.84. The summed E-state index contributed by atoms with van der Waals surface area (Å²) in [5, 5.41) is 0. The molecule has 0 N–H and O–H groups in total. The van der Waals surface area contributed by atoms with Crippen LogP contribution < -0.4 is 0 Å². The molecule has 1 unspecified atom stereocenters. The number of hydrogen-bond donors (Lipinski definition) is 0. The van der Waals surface area contributed by atoms with Gasteiger partial charge in [0.25, 0.3) is 0 Å². The summed E-state index contributed by atoms with van der Waals surface area (Å²) in [6.45, 7) is 0. The normalized spacial score (nSPS) is 33.8. The Kier molecular flexibility index (Phi) is 0.655. The average molecular weight is 108 g/mol. The molecule has 0 heterocycles. The van der Waals surface area contributed by atoms with Gasteiger partial charge in [-0.25, -0.2) is 0 Å². The first-order valence-corrected chi connectivity index (χ1v) is 3.06. The smallest absolute Gasteiger partial charge is 0.137 e. The number of ketones is 1. The second-order valence-electron chi connectivity index (χ2n) is 2.71. The summed E-state index contributed by atoms with van der Waals surface area (Å²) in [6.07, 6.45) is 5.03. The SMILES string of the molecule is O=C1CC2=CC(C1)C2. The molecule has 0 amide bonds. The van der Waals surface area contributed by atoms with Gasteiger partial charge in [0.2, 0.25) is 0 Å². The molecule has 0 aromatic heterocycles. The van der Waals surface area contributed by atoms with Gasteiger partial charge < -0.3 is 0 Å². The summed E-state index contributed by atoms with van der Waals surface area (Å²) in [7, 11) is 0. The van der Waals surface area contributed by atoms with E-state index in [0.29, 0.717) is 11.7 Å². The van der Waals surface area contributed by atoms with Crippen molar-refractivity contribution in [3.63, 3.8) is 0 Å².